The van der Waals surface area contributed by atoms with Crippen molar-refractivity contribution in [3.8, 4) is 0 Å². The number of rotatable bonds is 74. The molecule has 0 aliphatic heterocycles. The zero-order valence-electron chi connectivity index (χ0n) is 61.3. The first-order valence-corrected chi connectivity index (χ1v) is 42.0. The fraction of sp³-hybridized carbons (Fsp3) is 0.947. The molecule has 0 aromatic carbocycles. The Hall–Kier alpha value is -1.94. The van der Waals surface area contributed by atoms with Crippen LogP contribution in [0.3, 0.4) is 0 Å². The van der Waals surface area contributed by atoms with Crippen molar-refractivity contribution in [3.05, 3.63) is 0 Å². The second kappa shape index (κ2) is 66.9. The SMILES string of the molecule is CCCCCCCCCCCCCCCCCC(=O)OC[C@H](COP(=O)(O)OC[C@@H](O)COP(=O)(O)OC[C@@H](COC(=O)CCCCCCCCC(C)C)OC(=O)CCCCCCCCCCCCCCC)OC(=O)CCCCCCCCCCCCCCCCC(C)C. The number of phosphoric acid groups is 2. The molecule has 0 radical (unpaired) electrons. The van der Waals surface area contributed by atoms with E-state index >= 15 is 0 Å². The Labute approximate surface area is 575 Å². The number of phosphoric ester groups is 2. The first-order valence-electron chi connectivity index (χ1n) is 39.0. The number of ether oxygens (including phenoxy) is 4. The van der Waals surface area contributed by atoms with Crippen LogP contribution >= 0.6 is 15.6 Å². The summed E-state index contributed by atoms with van der Waals surface area (Å²) in [6, 6.07) is 0. The summed E-state index contributed by atoms with van der Waals surface area (Å²) in [5, 5.41) is 10.6. The number of aliphatic hydroxyl groups is 1. The molecule has 0 amide bonds. The maximum Gasteiger partial charge on any atom is 0.472 e. The van der Waals surface area contributed by atoms with E-state index in [9.17, 15) is 43.2 Å². The molecule has 0 aliphatic carbocycles. The molecule has 0 aromatic heterocycles. The van der Waals surface area contributed by atoms with Gasteiger partial charge in [-0.2, -0.15) is 0 Å². The molecule has 0 heterocycles. The number of carbonyl (C=O) groups excluding carboxylic acids is 4. The Bertz CT molecular complexity index is 1820. The van der Waals surface area contributed by atoms with E-state index in [1.165, 1.54) is 199 Å². The van der Waals surface area contributed by atoms with Crippen molar-refractivity contribution >= 4 is 39.5 Å². The standard InChI is InChI=1S/C75H146O17P2/c1-7-9-11-13-15-17-19-21-22-27-30-34-38-45-51-57-72(77)85-63-70(91-74(79)60-54-48-40-36-32-28-24-23-26-29-33-37-43-49-55-67(3)4)65-89-93(81,82)87-61-69(76)62-88-94(83,84)90-66-71(64-86-73(78)58-52-46-42-41-44-50-56-68(5)6)92-75(80)59-53-47-39-35-31-25-20-18-16-14-12-10-8-2/h67-71,76H,7-66H2,1-6H3,(H,81,82)(H,83,84)/t69-,70-,71-/m1/s1. The summed E-state index contributed by atoms with van der Waals surface area (Å²) < 4.78 is 68.5. The number of carbonyl (C=O) groups is 4. The molecule has 17 nitrogen and oxygen atoms in total. The molecule has 0 spiro atoms. The van der Waals surface area contributed by atoms with Gasteiger partial charge in [-0.05, 0) is 37.5 Å². The van der Waals surface area contributed by atoms with Crippen LogP contribution < -0.4 is 0 Å². The van der Waals surface area contributed by atoms with Crippen molar-refractivity contribution < 1.29 is 80.2 Å². The van der Waals surface area contributed by atoms with Gasteiger partial charge in [0, 0.05) is 25.7 Å². The quantitative estimate of drug-likeness (QED) is 0.0222. The smallest absolute Gasteiger partial charge is 0.462 e. The van der Waals surface area contributed by atoms with Crippen LogP contribution in [0, 0.1) is 11.8 Å². The van der Waals surface area contributed by atoms with Gasteiger partial charge in [0.25, 0.3) is 0 Å². The molecular weight excluding hydrogens is 1230 g/mol. The van der Waals surface area contributed by atoms with Gasteiger partial charge in [0.1, 0.15) is 19.3 Å². The summed E-state index contributed by atoms with van der Waals surface area (Å²) in [5.74, 6) is -0.642. The van der Waals surface area contributed by atoms with Gasteiger partial charge in [-0.3, -0.25) is 37.3 Å². The largest absolute Gasteiger partial charge is 0.472 e. The molecular formula is C75H146O17P2. The fourth-order valence-electron chi connectivity index (χ4n) is 11.5. The van der Waals surface area contributed by atoms with E-state index in [0.29, 0.717) is 31.6 Å². The summed E-state index contributed by atoms with van der Waals surface area (Å²) in [6.45, 7) is 9.54. The van der Waals surface area contributed by atoms with Gasteiger partial charge in [0.05, 0.1) is 26.4 Å². The van der Waals surface area contributed by atoms with Crippen LogP contribution in [-0.4, -0.2) is 96.7 Å². The molecule has 0 saturated carbocycles. The Balaban J connectivity index is 5.24. The third-order valence-electron chi connectivity index (χ3n) is 17.5. The van der Waals surface area contributed by atoms with Crippen molar-refractivity contribution in [1.82, 2.24) is 0 Å². The summed E-state index contributed by atoms with van der Waals surface area (Å²) in [5.41, 5.74) is 0. The molecule has 558 valence electrons. The second-order valence-corrected chi connectivity index (χ2v) is 30.9. The lowest BCUT2D eigenvalue weighted by Crippen LogP contribution is -2.30. The molecule has 0 aromatic rings. The molecule has 0 fully saturated rings. The molecule has 19 heteroatoms. The molecule has 94 heavy (non-hydrogen) atoms. The predicted octanol–water partition coefficient (Wildman–Crippen LogP) is 21.9. The highest BCUT2D eigenvalue weighted by atomic mass is 31.2. The van der Waals surface area contributed by atoms with Crippen LogP contribution in [0.4, 0.5) is 0 Å². The van der Waals surface area contributed by atoms with Crippen LogP contribution in [0.25, 0.3) is 0 Å². The van der Waals surface area contributed by atoms with Crippen LogP contribution in [0.1, 0.15) is 388 Å². The average Bonchev–Trinajstić information content (AvgIpc) is 1.14. The number of aliphatic hydroxyl groups excluding tert-OH is 1. The fourth-order valence-corrected chi connectivity index (χ4v) is 13.1. The van der Waals surface area contributed by atoms with Gasteiger partial charge in [-0.1, -0.05) is 337 Å². The predicted molar refractivity (Wildman–Crippen MR) is 381 cm³/mol. The summed E-state index contributed by atoms with van der Waals surface area (Å²) in [4.78, 5) is 72.7. The summed E-state index contributed by atoms with van der Waals surface area (Å²) >= 11 is 0. The van der Waals surface area contributed by atoms with Crippen molar-refractivity contribution in [1.29, 1.82) is 0 Å². The van der Waals surface area contributed by atoms with E-state index < -0.39 is 97.5 Å². The maximum atomic E-state index is 13.1. The first kappa shape index (κ1) is 92.1. The van der Waals surface area contributed by atoms with Crippen molar-refractivity contribution in [2.45, 2.75) is 407 Å². The normalized spacial score (nSPS) is 14.0. The van der Waals surface area contributed by atoms with E-state index in [0.717, 1.165) is 102 Å². The van der Waals surface area contributed by atoms with Gasteiger partial charge >= 0.3 is 39.5 Å². The van der Waals surface area contributed by atoms with E-state index in [4.69, 9.17) is 37.0 Å². The van der Waals surface area contributed by atoms with E-state index in [1.54, 1.807) is 0 Å². The minimum absolute atomic E-state index is 0.107. The Morgan fingerprint density at radius 1 is 0.287 bits per heavy atom. The molecule has 3 N–H and O–H groups in total. The number of unbranched alkanes of at least 4 members (excludes halogenated alkanes) is 44. The zero-order chi connectivity index (χ0) is 69.3. The first-order chi connectivity index (χ1) is 45.4. The minimum atomic E-state index is -4.96. The van der Waals surface area contributed by atoms with E-state index in [1.807, 2.05) is 0 Å². The molecule has 0 bridgehead atoms. The Morgan fingerprint density at radius 3 is 0.723 bits per heavy atom. The van der Waals surface area contributed by atoms with Gasteiger partial charge in [-0.15, -0.1) is 0 Å². The lowest BCUT2D eigenvalue weighted by atomic mass is 10.0. The van der Waals surface area contributed by atoms with Gasteiger partial charge < -0.3 is 33.8 Å². The van der Waals surface area contributed by atoms with Crippen molar-refractivity contribution in [2.24, 2.45) is 11.8 Å². The topological polar surface area (TPSA) is 237 Å². The summed E-state index contributed by atoms with van der Waals surface area (Å²) in [7, 11) is -9.91. The highest BCUT2D eigenvalue weighted by molar-refractivity contribution is 7.47. The Kier molecular flexibility index (Phi) is 65.5. The van der Waals surface area contributed by atoms with Crippen molar-refractivity contribution in [3.63, 3.8) is 0 Å². The van der Waals surface area contributed by atoms with E-state index in [2.05, 4.69) is 41.5 Å². The molecule has 0 aliphatic rings. The third-order valence-corrected chi connectivity index (χ3v) is 19.4. The molecule has 0 rings (SSSR count). The number of hydrogen-bond donors (Lipinski definition) is 3. The Morgan fingerprint density at radius 2 is 0.489 bits per heavy atom. The number of hydrogen-bond acceptors (Lipinski definition) is 15. The minimum Gasteiger partial charge on any atom is -0.462 e. The lowest BCUT2D eigenvalue weighted by Gasteiger charge is -2.21. The van der Waals surface area contributed by atoms with E-state index in [-0.39, 0.29) is 25.7 Å². The van der Waals surface area contributed by atoms with Crippen LogP contribution in [0.15, 0.2) is 0 Å². The van der Waals surface area contributed by atoms with Crippen LogP contribution in [-0.2, 0) is 65.4 Å². The van der Waals surface area contributed by atoms with Gasteiger partial charge in [0.2, 0.25) is 0 Å². The average molecular weight is 1380 g/mol. The molecule has 0 saturated heterocycles. The zero-order valence-corrected chi connectivity index (χ0v) is 63.1. The third kappa shape index (κ3) is 68.6. The van der Waals surface area contributed by atoms with Crippen LogP contribution in [0.2, 0.25) is 0 Å². The van der Waals surface area contributed by atoms with Gasteiger partial charge in [-0.25, -0.2) is 9.13 Å². The van der Waals surface area contributed by atoms with Crippen molar-refractivity contribution in [2.75, 3.05) is 39.6 Å². The monoisotopic (exact) mass is 1380 g/mol. The highest BCUT2D eigenvalue weighted by Crippen LogP contribution is 2.45. The lowest BCUT2D eigenvalue weighted by molar-refractivity contribution is -0.161. The summed E-state index contributed by atoms with van der Waals surface area (Å²) in [6.07, 6.45) is 54.1. The van der Waals surface area contributed by atoms with Crippen LogP contribution in [0.5, 0.6) is 0 Å². The molecule has 2 unspecified atom stereocenters. The second-order valence-electron chi connectivity index (χ2n) is 28.0. The molecule has 5 atom stereocenters. The maximum absolute atomic E-state index is 13.1. The number of esters is 4. The highest BCUT2D eigenvalue weighted by Gasteiger charge is 2.30. The van der Waals surface area contributed by atoms with Gasteiger partial charge in [0.15, 0.2) is 12.2 Å².